The zero-order valence-corrected chi connectivity index (χ0v) is 5.98. The van der Waals surface area contributed by atoms with Gasteiger partial charge in [-0.05, 0) is 6.72 Å². The van der Waals surface area contributed by atoms with Crippen LogP contribution in [0.5, 0.6) is 0 Å². The Morgan fingerprint density at radius 1 is 1.50 bits per heavy atom. The van der Waals surface area contributed by atoms with Crippen molar-refractivity contribution in [2.45, 2.75) is 13.8 Å². The van der Waals surface area contributed by atoms with Gasteiger partial charge in [0.25, 0.3) is 0 Å². The van der Waals surface area contributed by atoms with Crippen molar-refractivity contribution in [3.63, 3.8) is 0 Å². The van der Waals surface area contributed by atoms with Gasteiger partial charge in [-0.25, -0.2) is 0 Å². The first kappa shape index (κ1) is 10.6. The standard InChI is InChI=1S/C4H9NO.C2H6/c1-5-3-4-6-2;1-2/h1,3-4H2,2H3;1-2H3. The summed E-state index contributed by atoms with van der Waals surface area (Å²) in [5, 5.41) is 0. The van der Waals surface area contributed by atoms with Crippen molar-refractivity contribution >= 4 is 6.72 Å². The van der Waals surface area contributed by atoms with Gasteiger partial charge in [-0.2, -0.15) is 0 Å². The quantitative estimate of drug-likeness (QED) is 0.404. The topological polar surface area (TPSA) is 21.6 Å². The van der Waals surface area contributed by atoms with Crippen LogP contribution in [-0.2, 0) is 4.74 Å². The van der Waals surface area contributed by atoms with Gasteiger partial charge in [0, 0.05) is 7.11 Å². The van der Waals surface area contributed by atoms with Gasteiger partial charge in [0.1, 0.15) is 0 Å². The normalized spacial score (nSPS) is 6.88. The van der Waals surface area contributed by atoms with Crippen LogP contribution in [0.25, 0.3) is 0 Å². The number of hydrogen-bond donors (Lipinski definition) is 0. The summed E-state index contributed by atoms with van der Waals surface area (Å²) in [5.74, 6) is 0. The van der Waals surface area contributed by atoms with Gasteiger partial charge in [-0.15, -0.1) is 0 Å². The lowest BCUT2D eigenvalue weighted by Gasteiger charge is -1.86. The summed E-state index contributed by atoms with van der Waals surface area (Å²) >= 11 is 0. The lowest BCUT2D eigenvalue weighted by atomic mass is 10.7. The molecular formula is C6H15NO. The van der Waals surface area contributed by atoms with Crippen LogP contribution in [0.15, 0.2) is 4.99 Å². The molecule has 0 amide bonds. The summed E-state index contributed by atoms with van der Waals surface area (Å²) in [7, 11) is 1.64. The van der Waals surface area contributed by atoms with Crippen molar-refractivity contribution in [2.75, 3.05) is 20.3 Å². The summed E-state index contributed by atoms with van der Waals surface area (Å²) in [6, 6.07) is 0. The highest BCUT2D eigenvalue weighted by Gasteiger charge is 1.70. The van der Waals surface area contributed by atoms with Crippen molar-refractivity contribution in [2.24, 2.45) is 4.99 Å². The van der Waals surface area contributed by atoms with Crippen LogP contribution < -0.4 is 0 Å². The third-order valence-corrected chi connectivity index (χ3v) is 0.454. The second-order valence-electron chi connectivity index (χ2n) is 0.940. The van der Waals surface area contributed by atoms with E-state index in [0.717, 1.165) is 0 Å². The molecule has 50 valence electrons. The predicted octanol–water partition coefficient (Wildman–Crippen LogP) is 1.36. The van der Waals surface area contributed by atoms with E-state index in [0.29, 0.717) is 13.2 Å². The highest BCUT2D eigenvalue weighted by atomic mass is 16.5. The molecule has 0 aliphatic carbocycles. The molecule has 0 fully saturated rings. The molecule has 0 aliphatic rings. The van der Waals surface area contributed by atoms with Gasteiger partial charge >= 0.3 is 0 Å². The molecule has 2 nitrogen and oxygen atoms in total. The third kappa shape index (κ3) is 17.4. The maximum absolute atomic E-state index is 4.65. The Hall–Kier alpha value is -0.370. The molecule has 0 aromatic heterocycles. The molecule has 2 heteroatoms. The van der Waals surface area contributed by atoms with Crippen LogP contribution in [0.3, 0.4) is 0 Å². The average Bonchev–Trinajstić information content (AvgIpc) is 1.88. The van der Waals surface area contributed by atoms with Crippen LogP contribution >= 0.6 is 0 Å². The van der Waals surface area contributed by atoms with Crippen molar-refractivity contribution in [3.8, 4) is 0 Å². The smallest absolute Gasteiger partial charge is 0.0657 e. The van der Waals surface area contributed by atoms with E-state index in [1.54, 1.807) is 7.11 Å². The highest BCUT2D eigenvalue weighted by molar-refractivity contribution is 5.22. The number of aliphatic imine (C=N–C) groups is 1. The molecular weight excluding hydrogens is 102 g/mol. The lowest BCUT2D eigenvalue weighted by molar-refractivity contribution is 0.208. The SMILES string of the molecule is C=NCCOC.CC. The second kappa shape index (κ2) is 15.9. The molecule has 8 heavy (non-hydrogen) atoms. The molecule has 0 rings (SSSR count). The largest absolute Gasteiger partial charge is 0.383 e. The molecule has 0 aromatic carbocycles. The van der Waals surface area contributed by atoms with Crippen LogP contribution in [-0.4, -0.2) is 27.0 Å². The highest BCUT2D eigenvalue weighted by Crippen LogP contribution is 1.64. The second-order valence-corrected chi connectivity index (χ2v) is 0.940. The van der Waals surface area contributed by atoms with E-state index in [1.165, 1.54) is 0 Å². The molecule has 0 atom stereocenters. The number of hydrogen-bond acceptors (Lipinski definition) is 2. The Kier molecular flexibility index (Phi) is 21.1. The molecule has 0 saturated carbocycles. The van der Waals surface area contributed by atoms with Crippen LogP contribution in [0.4, 0.5) is 0 Å². The van der Waals surface area contributed by atoms with Gasteiger partial charge in [-0.3, -0.25) is 4.99 Å². The number of methoxy groups -OCH3 is 1. The first-order valence-corrected chi connectivity index (χ1v) is 2.83. The van der Waals surface area contributed by atoms with Crippen molar-refractivity contribution in [3.05, 3.63) is 0 Å². The Labute approximate surface area is 51.6 Å². The van der Waals surface area contributed by atoms with Crippen molar-refractivity contribution < 1.29 is 4.74 Å². The zero-order valence-electron chi connectivity index (χ0n) is 5.98. The summed E-state index contributed by atoms with van der Waals surface area (Å²) in [6.45, 7) is 8.66. The third-order valence-electron chi connectivity index (χ3n) is 0.454. The lowest BCUT2D eigenvalue weighted by Crippen LogP contribution is -1.90. The molecule has 0 heterocycles. The summed E-state index contributed by atoms with van der Waals surface area (Å²) in [6.07, 6.45) is 0. The molecule has 0 spiro atoms. The minimum Gasteiger partial charge on any atom is -0.383 e. The van der Waals surface area contributed by atoms with E-state index in [-0.39, 0.29) is 0 Å². The predicted molar refractivity (Wildman–Crippen MR) is 37.6 cm³/mol. The summed E-state index contributed by atoms with van der Waals surface area (Å²) in [5.41, 5.74) is 0. The Bertz CT molecular complexity index is 37.5. The summed E-state index contributed by atoms with van der Waals surface area (Å²) < 4.78 is 4.65. The Morgan fingerprint density at radius 3 is 2.12 bits per heavy atom. The van der Waals surface area contributed by atoms with Crippen LogP contribution in [0.1, 0.15) is 13.8 Å². The number of rotatable bonds is 3. The van der Waals surface area contributed by atoms with Gasteiger partial charge in [0.05, 0.1) is 13.2 Å². The number of nitrogens with zero attached hydrogens (tertiary/aromatic N) is 1. The fourth-order valence-electron chi connectivity index (χ4n) is 0.156. The maximum atomic E-state index is 4.65. The summed E-state index contributed by atoms with van der Waals surface area (Å²) in [4.78, 5) is 3.55. The van der Waals surface area contributed by atoms with Gasteiger partial charge in [0.2, 0.25) is 0 Å². The van der Waals surface area contributed by atoms with Crippen LogP contribution in [0.2, 0.25) is 0 Å². The van der Waals surface area contributed by atoms with E-state index >= 15 is 0 Å². The molecule has 0 saturated heterocycles. The average molecular weight is 117 g/mol. The first-order valence-electron chi connectivity index (χ1n) is 2.83. The van der Waals surface area contributed by atoms with E-state index in [2.05, 4.69) is 16.4 Å². The van der Waals surface area contributed by atoms with E-state index in [1.807, 2.05) is 13.8 Å². The minimum absolute atomic E-state index is 0.684. The van der Waals surface area contributed by atoms with Crippen molar-refractivity contribution in [1.29, 1.82) is 0 Å². The molecule has 0 unspecified atom stereocenters. The maximum Gasteiger partial charge on any atom is 0.0657 e. The van der Waals surface area contributed by atoms with Crippen molar-refractivity contribution in [1.82, 2.24) is 0 Å². The molecule has 0 radical (unpaired) electrons. The van der Waals surface area contributed by atoms with Gasteiger partial charge in [-0.1, -0.05) is 13.8 Å². The number of ether oxygens (including phenoxy) is 1. The van der Waals surface area contributed by atoms with Gasteiger partial charge in [0.15, 0.2) is 0 Å². The van der Waals surface area contributed by atoms with E-state index in [9.17, 15) is 0 Å². The Balaban J connectivity index is 0. The zero-order chi connectivity index (χ0) is 6.83. The minimum atomic E-state index is 0.684. The monoisotopic (exact) mass is 117 g/mol. The van der Waals surface area contributed by atoms with Gasteiger partial charge < -0.3 is 4.74 Å². The fraction of sp³-hybridized carbons (Fsp3) is 0.833. The fourth-order valence-corrected chi connectivity index (χ4v) is 0.156. The molecule has 0 aliphatic heterocycles. The van der Waals surface area contributed by atoms with Crippen LogP contribution in [0, 0.1) is 0 Å². The van der Waals surface area contributed by atoms with E-state index < -0.39 is 0 Å². The molecule has 0 bridgehead atoms. The first-order chi connectivity index (χ1) is 3.91. The molecule has 0 N–H and O–H groups in total. The van der Waals surface area contributed by atoms with E-state index in [4.69, 9.17) is 0 Å². The Morgan fingerprint density at radius 2 is 2.00 bits per heavy atom. The molecule has 0 aromatic rings.